The number of benzene rings is 3. The summed E-state index contributed by atoms with van der Waals surface area (Å²) in [6.45, 7) is 7.75. The number of aromatic nitrogens is 2. The summed E-state index contributed by atoms with van der Waals surface area (Å²) in [6, 6.07) is 14.9. The quantitative estimate of drug-likeness (QED) is 0.178. The first-order chi connectivity index (χ1) is 25.4. The van der Waals surface area contributed by atoms with Crippen LogP contribution in [0.2, 0.25) is 5.02 Å². The second-order valence-corrected chi connectivity index (χ2v) is 16.1. The van der Waals surface area contributed by atoms with E-state index in [1.165, 1.54) is 12.1 Å². The number of carbonyl (C=O) groups excluding carboxylic acids is 1. The lowest BCUT2D eigenvalue weighted by Gasteiger charge is -2.42. The standard InChI is InChI=1S/C40H43ClF3N5O4/c1-39(2,3)53-38(50)49-26-13-14-27(49)21-47(20-26)36-28-17-29(41)32(33-30(43)11-7-12-31(33)51-22-24-9-5-4-6-10-24)34(44)35(28)45-37(46-36)52-23-40-15-8-16-48(40)19-25(42)18-40/h4-7,9-12,17,25-27H,8,13-16,18-23H2,1-3H3/t25-,26-,27+,40+/m1/s1. The van der Waals surface area contributed by atoms with Gasteiger partial charge in [-0.15, -0.1) is 0 Å². The Morgan fingerprint density at radius 3 is 2.47 bits per heavy atom. The molecule has 4 saturated heterocycles. The summed E-state index contributed by atoms with van der Waals surface area (Å²) >= 11 is 6.89. The number of carbonyl (C=O) groups is 1. The predicted molar refractivity (Wildman–Crippen MR) is 196 cm³/mol. The lowest BCUT2D eigenvalue weighted by molar-refractivity contribution is 0.0122. The minimum Gasteiger partial charge on any atom is -0.488 e. The predicted octanol–water partition coefficient (Wildman–Crippen LogP) is 8.35. The van der Waals surface area contributed by atoms with Crippen molar-refractivity contribution in [2.45, 2.75) is 88.9 Å². The number of piperazine rings is 1. The Kier molecular flexibility index (Phi) is 9.33. The van der Waals surface area contributed by atoms with E-state index in [-0.39, 0.29) is 64.8 Å². The van der Waals surface area contributed by atoms with Crippen molar-refractivity contribution in [2.24, 2.45) is 0 Å². The highest BCUT2D eigenvalue weighted by Crippen LogP contribution is 2.45. The highest BCUT2D eigenvalue weighted by molar-refractivity contribution is 6.34. The first-order valence-corrected chi connectivity index (χ1v) is 18.7. The van der Waals surface area contributed by atoms with Gasteiger partial charge in [0.1, 0.15) is 47.9 Å². The molecule has 0 N–H and O–H groups in total. The van der Waals surface area contributed by atoms with Crippen molar-refractivity contribution in [3.63, 3.8) is 0 Å². The fourth-order valence-electron chi connectivity index (χ4n) is 8.63. The molecule has 5 heterocycles. The molecule has 9 nitrogen and oxygen atoms in total. The highest BCUT2D eigenvalue weighted by atomic mass is 35.5. The highest BCUT2D eigenvalue weighted by Gasteiger charge is 2.50. The first kappa shape index (κ1) is 35.7. The Morgan fingerprint density at radius 2 is 1.74 bits per heavy atom. The van der Waals surface area contributed by atoms with Crippen molar-refractivity contribution in [3.05, 3.63) is 76.8 Å². The van der Waals surface area contributed by atoms with E-state index in [4.69, 9.17) is 30.8 Å². The SMILES string of the molecule is CC(C)(C)OC(=O)N1[C@@H]2CC[C@H]1CN(c1nc(OC[C@@]34CCCN3C[C@H](F)C4)nc3c(F)c(-c4c(F)cccc4OCc4ccccc4)c(Cl)cc13)C2. The molecule has 8 rings (SSSR count). The smallest absolute Gasteiger partial charge is 0.410 e. The third-order valence-corrected chi connectivity index (χ3v) is 11.2. The Morgan fingerprint density at radius 1 is 0.981 bits per heavy atom. The monoisotopic (exact) mass is 749 g/mol. The van der Waals surface area contributed by atoms with E-state index in [9.17, 15) is 9.18 Å². The van der Waals surface area contributed by atoms with Crippen LogP contribution in [0.5, 0.6) is 11.8 Å². The maximum absolute atomic E-state index is 17.2. The van der Waals surface area contributed by atoms with Crippen molar-refractivity contribution in [1.82, 2.24) is 19.8 Å². The number of hydrogen-bond donors (Lipinski definition) is 0. The zero-order valence-electron chi connectivity index (χ0n) is 30.1. The van der Waals surface area contributed by atoms with Crippen molar-refractivity contribution in [1.29, 1.82) is 0 Å². The third kappa shape index (κ3) is 6.84. The van der Waals surface area contributed by atoms with Gasteiger partial charge in [-0.05, 0) is 76.8 Å². The van der Waals surface area contributed by atoms with Crippen LogP contribution in [0.15, 0.2) is 54.6 Å². The van der Waals surface area contributed by atoms with Gasteiger partial charge in [-0.1, -0.05) is 48.0 Å². The zero-order valence-corrected chi connectivity index (χ0v) is 30.8. The lowest BCUT2D eigenvalue weighted by atomic mass is 9.95. The summed E-state index contributed by atoms with van der Waals surface area (Å²) in [5, 5.41) is 0.279. The van der Waals surface area contributed by atoms with E-state index in [1.807, 2.05) is 60.9 Å². The maximum Gasteiger partial charge on any atom is 0.410 e. The Labute approximate surface area is 312 Å². The van der Waals surface area contributed by atoms with Gasteiger partial charge in [-0.3, -0.25) is 9.80 Å². The minimum atomic E-state index is -0.954. The van der Waals surface area contributed by atoms with Crippen LogP contribution in [0.4, 0.5) is 23.8 Å². The van der Waals surface area contributed by atoms with Crippen LogP contribution < -0.4 is 14.4 Å². The van der Waals surface area contributed by atoms with Crippen LogP contribution in [0, 0.1) is 11.6 Å². The van der Waals surface area contributed by atoms with Gasteiger partial charge in [0.25, 0.3) is 0 Å². The van der Waals surface area contributed by atoms with Gasteiger partial charge in [0.05, 0.1) is 28.2 Å². The van der Waals surface area contributed by atoms with Gasteiger partial charge in [-0.25, -0.2) is 18.0 Å². The van der Waals surface area contributed by atoms with Crippen LogP contribution in [0.3, 0.4) is 0 Å². The first-order valence-electron chi connectivity index (χ1n) is 18.3. The molecule has 1 amide bonds. The molecular weight excluding hydrogens is 707 g/mol. The van der Waals surface area contributed by atoms with E-state index < -0.39 is 28.9 Å². The van der Waals surface area contributed by atoms with Gasteiger partial charge >= 0.3 is 12.1 Å². The van der Waals surface area contributed by atoms with Crippen LogP contribution in [0.25, 0.3) is 22.0 Å². The molecule has 2 bridgehead atoms. The van der Waals surface area contributed by atoms with Crippen LogP contribution in [-0.4, -0.2) is 88.0 Å². The molecule has 53 heavy (non-hydrogen) atoms. The molecule has 1 aromatic heterocycles. The Bertz CT molecular complexity index is 2020. The van der Waals surface area contributed by atoms with Gasteiger partial charge < -0.3 is 19.1 Å². The topological polar surface area (TPSA) is 80.3 Å². The largest absolute Gasteiger partial charge is 0.488 e. The molecular formula is C40H43ClF3N5O4. The van der Waals surface area contributed by atoms with Crippen molar-refractivity contribution < 1.29 is 32.2 Å². The second kappa shape index (κ2) is 13.8. The number of anilines is 1. The fraction of sp³-hybridized carbons (Fsp3) is 0.475. The summed E-state index contributed by atoms with van der Waals surface area (Å²) in [6.07, 6.45) is 2.27. The number of fused-ring (bicyclic) bond motifs is 4. The number of alkyl halides is 1. The molecule has 13 heteroatoms. The molecule has 3 aromatic carbocycles. The van der Waals surface area contributed by atoms with E-state index in [0.717, 1.165) is 37.8 Å². The average Bonchev–Trinajstić information content (AvgIpc) is 3.73. The lowest BCUT2D eigenvalue weighted by Crippen LogP contribution is -2.57. The van der Waals surface area contributed by atoms with E-state index in [1.54, 1.807) is 12.1 Å². The van der Waals surface area contributed by atoms with Crippen LogP contribution >= 0.6 is 11.6 Å². The minimum absolute atomic E-state index is 0.0426. The van der Waals surface area contributed by atoms with E-state index in [0.29, 0.717) is 37.3 Å². The van der Waals surface area contributed by atoms with Gasteiger partial charge in [0.2, 0.25) is 0 Å². The molecule has 4 fully saturated rings. The van der Waals surface area contributed by atoms with E-state index in [2.05, 4.69) is 9.88 Å². The molecule has 4 atom stereocenters. The molecule has 0 spiro atoms. The maximum atomic E-state index is 17.2. The van der Waals surface area contributed by atoms with Crippen molar-refractivity contribution in [3.8, 4) is 22.9 Å². The molecule has 0 saturated carbocycles. The summed E-state index contributed by atoms with van der Waals surface area (Å²) in [7, 11) is 0. The molecule has 4 aromatic rings. The van der Waals surface area contributed by atoms with Gasteiger partial charge in [-0.2, -0.15) is 9.97 Å². The number of ether oxygens (including phenoxy) is 3. The Balaban J connectivity index is 1.19. The second-order valence-electron chi connectivity index (χ2n) is 15.7. The number of rotatable bonds is 8. The van der Waals surface area contributed by atoms with Crippen molar-refractivity contribution in [2.75, 3.05) is 37.7 Å². The molecule has 0 aliphatic carbocycles. The van der Waals surface area contributed by atoms with Gasteiger partial charge in [0.15, 0.2) is 5.82 Å². The molecule has 4 aliphatic rings. The summed E-state index contributed by atoms with van der Waals surface area (Å²) in [5.41, 5.74) is -0.691. The number of halogens is 4. The van der Waals surface area contributed by atoms with Crippen LogP contribution in [0.1, 0.15) is 58.4 Å². The summed E-state index contributed by atoms with van der Waals surface area (Å²) < 4.78 is 65.6. The zero-order chi connectivity index (χ0) is 37.1. The number of amides is 1. The number of nitrogens with zero attached hydrogens (tertiary/aromatic N) is 5. The van der Waals surface area contributed by atoms with Crippen LogP contribution in [-0.2, 0) is 11.3 Å². The molecule has 280 valence electrons. The third-order valence-electron chi connectivity index (χ3n) is 10.9. The van der Waals surface area contributed by atoms with Crippen molar-refractivity contribution >= 4 is 34.4 Å². The van der Waals surface area contributed by atoms with E-state index >= 15 is 8.78 Å². The Hall–Kier alpha value is -4.29. The fourth-order valence-corrected chi connectivity index (χ4v) is 8.92. The normalized spacial score (nSPS) is 24.2. The molecule has 4 aliphatic heterocycles. The number of hydrogen-bond acceptors (Lipinski definition) is 8. The summed E-state index contributed by atoms with van der Waals surface area (Å²) in [4.78, 5) is 28.6. The molecule has 0 unspecified atom stereocenters. The summed E-state index contributed by atoms with van der Waals surface area (Å²) in [5.74, 6) is -1.05. The average molecular weight is 750 g/mol. The molecule has 0 radical (unpaired) electrons. The van der Waals surface area contributed by atoms with Gasteiger partial charge in [0, 0.05) is 37.0 Å².